The Kier molecular flexibility index (Phi) is 13.7. The van der Waals surface area contributed by atoms with Crippen molar-refractivity contribution in [3.63, 3.8) is 0 Å². The van der Waals surface area contributed by atoms with E-state index in [1.807, 2.05) is 83.9 Å². The van der Waals surface area contributed by atoms with Crippen LogP contribution in [0.5, 0.6) is 5.75 Å². The Hall–Kier alpha value is -3.33. The Morgan fingerprint density at radius 3 is 2.02 bits per heavy atom. The molecular weight excluding hydrogens is 670 g/mol. The van der Waals surface area contributed by atoms with E-state index in [9.17, 15) is 16.8 Å². The maximum absolute atomic E-state index is 11.4. The second-order valence-corrected chi connectivity index (χ2v) is 14.4. The molecule has 0 saturated heterocycles. The van der Waals surface area contributed by atoms with Crippen LogP contribution in [0.4, 0.5) is 11.4 Å². The molecule has 0 spiro atoms. The fourth-order valence-electron chi connectivity index (χ4n) is 4.28. The summed E-state index contributed by atoms with van der Waals surface area (Å²) in [5.41, 5.74) is 6.34. The average molecular weight is 708 g/mol. The minimum absolute atomic E-state index is 0. The standard InChI is InChI=1S/C32H37N3O7S3.ClH/c1-5-18-40-30-14-9-26(10-15-30)32-34-31(23-43-32)25-6-11-28(12-7-25)33-22-27-8-13-29(21-24(27)2)35(16-19-41-44(3,36)37)17-20-42-45(4,38)39;/h6-15,21-23H,5,16-20H2,1-4H3;1H. The number of ether oxygens (including phenoxy) is 1. The van der Waals surface area contributed by atoms with Crippen molar-refractivity contribution in [2.75, 3.05) is 50.3 Å². The molecule has 0 N–H and O–H groups in total. The van der Waals surface area contributed by atoms with Gasteiger partial charge in [-0.2, -0.15) is 16.8 Å². The molecule has 4 rings (SSSR count). The van der Waals surface area contributed by atoms with Gasteiger partial charge in [-0.25, -0.2) is 4.98 Å². The van der Waals surface area contributed by atoms with Crippen LogP contribution >= 0.6 is 23.7 Å². The third kappa shape index (κ3) is 11.8. The highest BCUT2D eigenvalue weighted by Crippen LogP contribution is 2.31. The molecule has 0 aliphatic heterocycles. The van der Waals surface area contributed by atoms with Crippen LogP contribution in [-0.2, 0) is 28.6 Å². The monoisotopic (exact) mass is 707 g/mol. The summed E-state index contributed by atoms with van der Waals surface area (Å²) in [4.78, 5) is 11.3. The van der Waals surface area contributed by atoms with E-state index in [0.717, 1.165) is 69.0 Å². The number of hydrogen-bond donors (Lipinski definition) is 0. The third-order valence-electron chi connectivity index (χ3n) is 6.53. The lowest BCUT2D eigenvalue weighted by Crippen LogP contribution is -2.32. The summed E-state index contributed by atoms with van der Waals surface area (Å²) in [5, 5.41) is 2.99. The molecule has 10 nitrogen and oxygen atoms in total. The van der Waals surface area contributed by atoms with Gasteiger partial charge in [-0.1, -0.05) is 25.1 Å². The Morgan fingerprint density at radius 1 is 0.848 bits per heavy atom. The first-order chi connectivity index (χ1) is 21.4. The van der Waals surface area contributed by atoms with Crippen molar-refractivity contribution < 1.29 is 29.9 Å². The number of aryl methyl sites for hydroxylation is 1. The molecule has 0 saturated carbocycles. The minimum atomic E-state index is -3.61. The van der Waals surface area contributed by atoms with Gasteiger partial charge < -0.3 is 9.64 Å². The van der Waals surface area contributed by atoms with Crippen LogP contribution < -0.4 is 9.64 Å². The summed E-state index contributed by atoms with van der Waals surface area (Å²) >= 11 is 1.60. The molecule has 0 aliphatic carbocycles. The molecule has 0 aliphatic rings. The lowest BCUT2D eigenvalue weighted by molar-refractivity contribution is 0.309. The van der Waals surface area contributed by atoms with Crippen molar-refractivity contribution >= 4 is 61.6 Å². The van der Waals surface area contributed by atoms with E-state index in [1.54, 1.807) is 17.6 Å². The normalized spacial score (nSPS) is 11.8. The molecule has 1 heterocycles. The number of nitrogens with zero attached hydrogens (tertiary/aromatic N) is 3. The Balaban J connectivity index is 0.00000576. The van der Waals surface area contributed by atoms with E-state index in [0.29, 0.717) is 6.61 Å². The van der Waals surface area contributed by atoms with Gasteiger partial charge in [0.05, 0.1) is 43.7 Å². The summed E-state index contributed by atoms with van der Waals surface area (Å²) in [6.07, 6.45) is 4.72. The topological polar surface area (TPSA) is 124 Å². The van der Waals surface area contributed by atoms with E-state index < -0.39 is 20.2 Å². The van der Waals surface area contributed by atoms with E-state index in [2.05, 4.69) is 11.9 Å². The molecule has 1 aromatic heterocycles. The summed E-state index contributed by atoms with van der Waals surface area (Å²) in [7, 11) is -7.21. The van der Waals surface area contributed by atoms with Crippen molar-refractivity contribution in [3.05, 3.63) is 83.2 Å². The average Bonchev–Trinajstić information content (AvgIpc) is 3.48. The fourth-order valence-corrected chi connectivity index (χ4v) is 5.87. The summed E-state index contributed by atoms with van der Waals surface area (Å²) in [6, 6.07) is 21.6. The van der Waals surface area contributed by atoms with Gasteiger partial charge in [-0.3, -0.25) is 13.4 Å². The van der Waals surface area contributed by atoms with Crippen LogP contribution in [0.15, 0.2) is 77.1 Å². The second kappa shape index (κ2) is 17.0. The van der Waals surface area contributed by atoms with Crippen molar-refractivity contribution in [3.8, 4) is 27.6 Å². The highest BCUT2D eigenvalue weighted by molar-refractivity contribution is 7.86. The molecule has 0 bridgehead atoms. The number of aromatic nitrogens is 1. The van der Waals surface area contributed by atoms with Crippen molar-refractivity contribution in [1.29, 1.82) is 0 Å². The molecule has 248 valence electrons. The fraction of sp³-hybridized carbons (Fsp3) is 0.312. The zero-order valence-electron chi connectivity index (χ0n) is 26.1. The number of aliphatic imine (C=N–C) groups is 1. The molecule has 4 aromatic rings. The highest BCUT2D eigenvalue weighted by atomic mass is 35.5. The maximum Gasteiger partial charge on any atom is 0.264 e. The number of benzene rings is 3. The van der Waals surface area contributed by atoms with Gasteiger partial charge in [-0.05, 0) is 73.0 Å². The number of anilines is 1. The van der Waals surface area contributed by atoms with Gasteiger partial charge in [0, 0.05) is 41.5 Å². The van der Waals surface area contributed by atoms with Crippen molar-refractivity contribution in [2.45, 2.75) is 20.3 Å². The van der Waals surface area contributed by atoms with E-state index in [-0.39, 0.29) is 38.7 Å². The van der Waals surface area contributed by atoms with Gasteiger partial charge in [0.1, 0.15) is 10.8 Å². The summed E-state index contributed by atoms with van der Waals surface area (Å²) in [5.74, 6) is 0.857. The van der Waals surface area contributed by atoms with Crippen LogP contribution in [0.1, 0.15) is 24.5 Å². The zero-order valence-corrected chi connectivity index (χ0v) is 29.3. The van der Waals surface area contributed by atoms with E-state index in [4.69, 9.17) is 18.1 Å². The first-order valence-electron chi connectivity index (χ1n) is 14.3. The highest BCUT2D eigenvalue weighted by Gasteiger charge is 2.12. The maximum atomic E-state index is 11.4. The van der Waals surface area contributed by atoms with Crippen LogP contribution in [0.25, 0.3) is 21.8 Å². The van der Waals surface area contributed by atoms with E-state index in [1.165, 1.54) is 0 Å². The van der Waals surface area contributed by atoms with E-state index >= 15 is 0 Å². The Morgan fingerprint density at radius 2 is 1.46 bits per heavy atom. The third-order valence-corrected chi connectivity index (χ3v) is 8.61. The summed E-state index contributed by atoms with van der Waals surface area (Å²) in [6.45, 7) is 5.00. The lowest BCUT2D eigenvalue weighted by atomic mass is 10.1. The summed E-state index contributed by atoms with van der Waals surface area (Å²) < 4.78 is 61.0. The van der Waals surface area contributed by atoms with Crippen LogP contribution in [-0.4, -0.2) is 73.5 Å². The molecule has 0 atom stereocenters. The molecule has 3 aromatic carbocycles. The molecule has 0 unspecified atom stereocenters. The molecule has 14 heteroatoms. The predicted molar refractivity (Wildman–Crippen MR) is 188 cm³/mol. The number of thiazole rings is 1. The van der Waals surface area contributed by atoms with Gasteiger partial charge in [0.25, 0.3) is 20.2 Å². The SMILES string of the molecule is CCCOc1ccc(-c2nc(-c3ccc(N=Cc4ccc(N(CCOS(C)(=O)=O)CCOS(C)(=O)=O)cc4C)cc3)cs2)cc1.Cl. The molecule has 46 heavy (non-hydrogen) atoms. The minimum Gasteiger partial charge on any atom is -0.494 e. The van der Waals surface area contributed by atoms with Crippen molar-refractivity contribution in [1.82, 2.24) is 4.98 Å². The van der Waals surface area contributed by atoms with Crippen LogP contribution in [0.3, 0.4) is 0 Å². The predicted octanol–water partition coefficient (Wildman–Crippen LogP) is 6.51. The number of rotatable bonds is 16. The van der Waals surface area contributed by atoms with Crippen LogP contribution in [0.2, 0.25) is 0 Å². The first-order valence-corrected chi connectivity index (χ1v) is 18.8. The Labute approximate surface area is 281 Å². The first kappa shape index (κ1) is 37.1. The lowest BCUT2D eigenvalue weighted by Gasteiger charge is -2.25. The van der Waals surface area contributed by atoms with Gasteiger partial charge in [0.2, 0.25) is 0 Å². The molecule has 0 amide bonds. The molecular formula is C32H38ClN3O7S3. The quantitative estimate of drug-likeness (QED) is 0.0947. The number of halogens is 1. The van der Waals surface area contributed by atoms with Gasteiger partial charge >= 0.3 is 0 Å². The Bertz CT molecular complexity index is 1770. The van der Waals surface area contributed by atoms with Gasteiger partial charge in [-0.15, -0.1) is 23.7 Å². The number of hydrogen-bond acceptors (Lipinski definition) is 11. The smallest absolute Gasteiger partial charge is 0.264 e. The zero-order chi connectivity index (χ0) is 32.5. The molecule has 0 fully saturated rings. The second-order valence-electron chi connectivity index (χ2n) is 10.3. The molecule has 0 radical (unpaired) electrons. The van der Waals surface area contributed by atoms with Crippen molar-refractivity contribution in [2.24, 2.45) is 4.99 Å². The largest absolute Gasteiger partial charge is 0.494 e. The van der Waals surface area contributed by atoms with Gasteiger partial charge in [0.15, 0.2) is 0 Å². The van der Waals surface area contributed by atoms with Crippen LogP contribution in [0, 0.1) is 6.92 Å².